The highest BCUT2D eigenvalue weighted by atomic mass is 35.5. The van der Waals surface area contributed by atoms with E-state index in [1.807, 2.05) is 42.5 Å². The van der Waals surface area contributed by atoms with Crippen LogP contribution in [0.4, 0.5) is 0 Å². The number of rotatable bonds is 3. The number of aryl methyl sites for hydroxylation is 1. The second kappa shape index (κ2) is 5.57. The number of hydrogen-bond donors (Lipinski definition) is 1. The Balaban J connectivity index is 2.12. The van der Waals surface area contributed by atoms with Crippen molar-refractivity contribution in [2.75, 3.05) is 0 Å². The molecule has 0 bridgehead atoms. The van der Waals surface area contributed by atoms with Gasteiger partial charge in [-0.1, -0.05) is 48.9 Å². The summed E-state index contributed by atoms with van der Waals surface area (Å²) in [4.78, 5) is 2.27. The first-order valence-corrected chi connectivity index (χ1v) is 7.84. The van der Waals surface area contributed by atoms with Gasteiger partial charge in [-0.2, -0.15) is 0 Å². The van der Waals surface area contributed by atoms with Crippen LogP contribution >= 0.6 is 22.9 Å². The third kappa shape index (κ3) is 2.35. The van der Waals surface area contributed by atoms with Crippen molar-refractivity contribution in [3.8, 4) is 0 Å². The Labute approximate surface area is 127 Å². The molecule has 0 aliphatic heterocycles. The predicted molar refractivity (Wildman–Crippen MR) is 86.7 cm³/mol. The summed E-state index contributed by atoms with van der Waals surface area (Å²) in [6.07, 6.45) is 0.404. The summed E-state index contributed by atoms with van der Waals surface area (Å²) in [7, 11) is 0. The number of aliphatic hydroxyl groups excluding tert-OH is 1. The van der Waals surface area contributed by atoms with Crippen LogP contribution in [0, 0.1) is 0 Å². The topological polar surface area (TPSA) is 20.2 Å². The van der Waals surface area contributed by atoms with Crippen molar-refractivity contribution in [3.63, 3.8) is 0 Å². The first-order chi connectivity index (χ1) is 9.70. The molecule has 1 unspecified atom stereocenters. The minimum atomic E-state index is -0.595. The molecule has 0 aliphatic carbocycles. The fourth-order valence-corrected chi connectivity index (χ4v) is 3.59. The second-order valence-corrected chi connectivity index (χ2v) is 6.35. The van der Waals surface area contributed by atoms with Gasteiger partial charge >= 0.3 is 0 Å². The van der Waals surface area contributed by atoms with E-state index in [1.54, 1.807) is 11.3 Å². The van der Waals surface area contributed by atoms with Crippen LogP contribution in [0.25, 0.3) is 10.8 Å². The summed E-state index contributed by atoms with van der Waals surface area (Å²) in [5.41, 5.74) is 0.912. The monoisotopic (exact) mass is 302 g/mol. The zero-order valence-corrected chi connectivity index (χ0v) is 12.7. The first kappa shape index (κ1) is 13.6. The lowest BCUT2D eigenvalue weighted by molar-refractivity contribution is 0.226. The number of thiophene rings is 1. The molecule has 3 heteroatoms. The van der Waals surface area contributed by atoms with E-state index in [1.165, 1.54) is 4.88 Å². The number of hydrogen-bond acceptors (Lipinski definition) is 2. The largest absolute Gasteiger partial charge is 0.383 e. The molecule has 0 amide bonds. The fourth-order valence-electron chi connectivity index (χ4n) is 2.41. The third-order valence-electron chi connectivity index (χ3n) is 3.50. The van der Waals surface area contributed by atoms with Gasteiger partial charge in [0.25, 0.3) is 0 Å². The molecule has 1 aromatic heterocycles. The lowest BCUT2D eigenvalue weighted by Gasteiger charge is -2.13. The summed E-state index contributed by atoms with van der Waals surface area (Å²) >= 11 is 7.89. The van der Waals surface area contributed by atoms with Gasteiger partial charge in [0, 0.05) is 20.2 Å². The first-order valence-electron chi connectivity index (χ1n) is 6.64. The van der Waals surface area contributed by atoms with Crippen molar-refractivity contribution in [1.82, 2.24) is 0 Å². The summed E-state index contributed by atoms with van der Waals surface area (Å²) in [6, 6.07) is 15.8. The smallest absolute Gasteiger partial charge is 0.114 e. The highest BCUT2D eigenvalue weighted by Crippen LogP contribution is 2.35. The van der Waals surface area contributed by atoms with E-state index in [2.05, 4.69) is 13.0 Å². The van der Waals surface area contributed by atoms with Gasteiger partial charge in [0.2, 0.25) is 0 Å². The van der Waals surface area contributed by atoms with Gasteiger partial charge in [-0.15, -0.1) is 11.3 Å². The standard InChI is InChI=1S/C17H15ClOS/c1-2-11-7-10-16(20-11)17(19)14-8-9-15(18)13-6-4-3-5-12(13)14/h3-10,17,19H,2H2,1H3. The van der Waals surface area contributed by atoms with Crippen LogP contribution in [0.3, 0.4) is 0 Å². The fraction of sp³-hybridized carbons (Fsp3) is 0.176. The summed E-state index contributed by atoms with van der Waals surface area (Å²) in [6.45, 7) is 2.12. The number of benzene rings is 2. The van der Waals surface area contributed by atoms with Crippen molar-refractivity contribution >= 4 is 33.7 Å². The number of aliphatic hydroxyl groups is 1. The maximum atomic E-state index is 10.7. The van der Waals surface area contributed by atoms with Crippen molar-refractivity contribution in [1.29, 1.82) is 0 Å². The number of halogens is 1. The summed E-state index contributed by atoms with van der Waals surface area (Å²) < 4.78 is 0. The molecule has 0 spiro atoms. The zero-order valence-electron chi connectivity index (χ0n) is 11.1. The lowest BCUT2D eigenvalue weighted by atomic mass is 9.99. The van der Waals surface area contributed by atoms with Gasteiger partial charge < -0.3 is 5.11 Å². The van der Waals surface area contributed by atoms with E-state index in [0.717, 1.165) is 32.7 Å². The van der Waals surface area contributed by atoms with E-state index in [-0.39, 0.29) is 0 Å². The Morgan fingerprint density at radius 1 is 1.05 bits per heavy atom. The van der Waals surface area contributed by atoms with E-state index < -0.39 is 6.10 Å². The van der Waals surface area contributed by atoms with Crippen molar-refractivity contribution < 1.29 is 5.11 Å². The van der Waals surface area contributed by atoms with E-state index in [4.69, 9.17) is 11.6 Å². The van der Waals surface area contributed by atoms with Crippen LogP contribution in [0.2, 0.25) is 5.02 Å². The molecular weight excluding hydrogens is 288 g/mol. The van der Waals surface area contributed by atoms with E-state index in [0.29, 0.717) is 0 Å². The molecule has 3 rings (SSSR count). The van der Waals surface area contributed by atoms with Gasteiger partial charge in [-0.3, -0.25) is 0 Å². The molecule has 0 aliphatic rings. The summed E-state index contributed by atoms with van der Waals surface area (Å²) in [5.74, 6) is 0. The Morgan fingerprint density at radius 3 is 2.50 bits per heavy atom. The molecular formula is C17H15ClOS. The average molecular weight is 303 g/mol. The van der Waals surface area contributed by atoms with Crippen molar-refractivity contribution in [2.45, 2.75) is 19.4 Å². The van der Waals surface area contributed by atoms with Gasteiger partial charge in [-0.25, -0.2) is 0 Å². The molecule has 0 saturated heterocycles. The normalized spacial score (nSPS) is 12.8. The van der Waals surface area contributed by atoms with Crippen LogP contribution in [-0.4, -0.2) is 5.11 Å². The van der Waals surface area contributed by atoms with Gasteiger partial charge in [-0.05, 0) is 35.6 Å². The molecule has 0 fully saturated rings. The van der Waals surface area contributed by atoms with E-state index in [9.17, 15) is 5.11 Å². The Hall–Kier alpha value is -1.35. The number of fused-ring (bicyclic) bond motifs is 1. The van der Waals surface area contributed by atoms with Gasteiger partial charge in [0.15, 0.2) is 0 Å². The van der Waals surface area contributed by atoms with Crippen LogP contribution < -0.4 is 0 Å². The van der Waals surface area contributed by atoms with Gasteiger partial charge in [0.1, 0.15) is 6.10 Å². The Morgan fingerprint density at radius 2 is 1.80 bits per heavy atom. The van der Waals surface area contributed by atoms with Crippen molar-refractivity contribution in [3.05, 3.63) is 68.9 Å². The van der Waals surface area contributed by atoms with Crippen LogP contribution in [0.5, 0.6) is 0 Å². The molecule has 3 aromatic rings. The lowest BCUT2D eigenvalue weighted by Crippen LogP contribution is -1.98. The minimum absolute atomic E-state index is 0.595. The Kier molecular flexibility index (Phi) is 3.79. The van der Waals surface area contributed by atoms with Crippen LogP contribution in [-0.2, 0) is 6.42 Å². The highest BCUT2D eigenvalue weighted by molar-refractivity contribution is 7.12. The average Bonchev–Trinajstić information content (AvgIpc) is 2.96. The Bertz CT molecular complexity index is 748. The van der Waals surface area contributed by atoms with Gasteiger partial charge in [0.05, 0.1) is 0 Å². The summed E-state index contributed by atoms with van der Waals surface area (Å²) in [5, 5.41) is 13.4. The van der Waals surface area contributed by atoms with Crippen LogP contribution in [0.1, 0.15) is 28.3 Å². The quantitative estimate of drug-likeness (QED) is 0.705. The highest BCUT2D eigenvalue weighted by Gasteiger charge is 2.16. The van der Waals surface area contributed by atoms with E-state index >= 15 is 0 Å². The second-order valence-electron chi connectivity index (χ2n) is 4.74. The molecule has 1 N–H and O–H groups in total. The third-order valence-corrected chi connectivity index (χ3v) is 5.11. The maximum absolute atomic E-state index is 10.7. The van der Waals surface area contributed by atoms with Crippen LogP contribution in [0.15, 0.2) is 48.5 Å². The molecule has 0 radical (unpaired) electrons. The SMILES string of the molecule is CCc1ccc(C(O)c2ccc(Cl)c3ccccc23)s1. The minimum Gasteiger partial charge on any atom is -0.383 e. The molecule has 0 saturated carbocycles. The molecule has 20 heavy (non-hydrogen) atoms. The molecule has 1 nitrogen and oxygen atoms in total. The molecule has 1 heterocycles. The zero-order chi connectivity index (χ0) is 14.1. The molecule has 1 atom stereocenters. The molecule has 2 aromatic carbocycles. The predicted octanol–water partition coefficient (Wildman–Crippen LogP) is 5.20. The maximum Gasteiger partial charge on any atom is 0.114 e. The molecule has 102 valence electrons. The van der Waals surface area contributed by atoms with Crippen molar-refractivity contribution in [2.24, 2.45) is 0 Å².